The molecule has 2 saturated heterocycles. The molecule has 0 unspecified atom stereocenters. The zero-order valence-corrected chi connectivity index (χ0v) is 21.4. The summed E-state index contributed by atoms with van der Waals surface area (Å²) >= 11 is 0. The molecule has 194 valence electrons. The number of aliphatic hydroxyl groups excluding tert-OH is 1. The number of fused-ring (bicyclic) bond motifs is 1. The van der Waals surface area contributed by atoms with Crippen molar-refractivity contribution in [1.82, 2.24) is 19.2 Å². The number of carbonyl (C=O) groups excluding carboxylic acids is 2. The van der Waals surface area contributed by atoms with Crippen LogP contribution in [0.1, 0.15) is 35.5 Å². The molecule has 0 radical (unpaired) electrons. The monoisotopic (exact) mass is 504 g/mol. The topological polar surface area (TPSA) is 96.6 Å². The van der Waals surface area contributed by atoms with Crippen LogP contribution in [-0.2, 0) is 14.3 Å². The molecule has 4 heterocycles. The number of amides is 1. The molecule has 5 rings (SSSR count). The van der Waals surface area contributed by atoms with Crippen molar-refractivity contribution in [2.75, 3.05) is 46.0 Å². The van der Waals surface area contributed by atoms with E-state index in [9.17, 15) is 14.7 Å². The van der Waals surface area contributed by atoms with Crippen molar-refractivity contribution in [1.29, 1.82) is 0 Å². The third-order valence-electron chi connectivity index (χ3n) is 7.05. The van der Waals surface area contributed by atoms with Crippen molar-refractivity contribution in [2.24, 2.45) is 0 Å². The van der Waals surface area contributed by atoms with Crippen molar-refractivity contribution >= 4 is 23.1 Å². The number of likely N-dealkylation sites (tertiary alicyclic amines) is 1. The zero-order chi connectivity index (χ0) is 26.1. The lowest BCUT2D eigenvalue weighted by Gasteiger charge is -2.31. The number of rotatable bonds is 7. The lowest BCUT2D eigenvalue weighted by molar-refractivity contribution is -0.140. The van der Waals surface area contributed by atoms with Crippen LogP contribution in [0, 0.1) is 13.8 Å². The lowest BCUT2D eigenvalue weighted by Crippen LogP contribution is -2.42. The number of ketones is 1. The molecular formula is C28H32N4O5. The number of nitrogens with zero attached hydrogens (tertiary/aromatic N) is 4. The molecule has 1 atom stereocenters. The number of pyridine rings is 1. The molecule has 1 N–H and O–H groups in total. The van der Waals surface area contributed by atoms with Crippen LogP contribution in [-0.4, -0.2) is 82.0 Å². The molecule has 0 aliphatic carbocycles. The van der Waals surface area contributed by atoms with E-state index in [4.69, 9.17) is 9.47 Å². The van der Waals surface area contributed by atoms with E-state index in [0.717, 1.165) is 24.2 Å². The first-order chi connectivity index (χ1) is 17.9. The van der Waals surface area contributed by atoms with Crippen LogP contribution >= 0.6 is 0 Å². The fourth-order valence-electron chi connectivity index (χ4n) is 5.17. The molecule has 37 heavy (non-hydrogen) atoms. The molecule has 2 aliphatic rings. The summed E-state index contributed by atoms with van der Waals surface area (Å²) in [5.74, 6) is -0.831. The largest absolute Gasteiger partial charge is 0.505 e. The van der Waals surface area contributed by atoms with Gasteiger partial charge in [-0.15, -0.1) is 0 Å². The van der Waals surface area contributed by atoms with Gasteiger partial charge in [0.05, 0.1) is 37.1 Å². The van der Waals surface area contributed by atoms with Gasteiger partial charge in [-0.3, -0.25) is 18.9 Å². The molecule has 2 fully saturated rings. The first kappa shape index (κ1) is 25.0. The highest BCUT2D eigenvalue weighted by atomic mass is 16.5. The summed E-state index contributed by atoms with van der Waals surface area (Å²) < 4.78 is 12.8. The molecular weight excluding hydrogens is 472 g/mol. The Morgan fingerprint density at radius 2 is 1.84 bits per heavy atom. The molecule has 1 amide bonds. The zero-order valence-electron chi connectivity index (χ0n) is 21.4. The summed E-state index contributed by atoms with van der Waals surface area (Å²) in [5, 5.41) is 11.6. The number of Topliss-reactive ketones (excluding diaryl/α,β-unsaturated/α-hetero) is 1. The number of ether oxygens (including phenoxy) is 2. The molecule has 3 aromatic rings. The number of morpholine rings is 1. The number of carbonyl (C=O) groups is 2. The van der Waals surface area contributed by atoms with Crippen LogP contribution in [0.4, 0.5) is 0 Å². The SMILES string of the molecule is CCOc1ccc([C@H]2C(=C(O)c3c(C)nc4c(C)cccn34)C(=O)C(=O)N2CCN2CCOCC2)cc1. The van der Waals surface area contributed by atoms with Crippen LogP contribution in [0.25, 0.3) is 11.4 Å². The Morgan fingerprint density at radius 1 is 1.11 bits per heavy atom. The Hall–Kier alpha value is -3.69. The number of aryl methyl sites for hydroxylation is 2. The third-order valence-corrected chi connectivity index (χ3v) is 7.05. The average Bonchev–Trinajstić information content (AvgIpc) is 3.37. The summed E-state index contributed by atoms with van der Waals surface area (Å²) in [4.78, 5) is 35.2. The van der Waals surface area contributed by atoms with E-state index >= 15 is 0 Å². The molecule has 0 bridgehead atoms. The minimum atomic E-state index is -0.730. The molecule has 1 aromatic carbocycles. The summed E-state index contributed by atoms with van der Waals surface area (Å²) in [6, 6.07) is 10.4. The second-order valence-corrected chi connectivity index (χ2v) is 9.38. The van der Waals surface area contributed by atoms with Crippen LogP contribution < -0.4 is 4.74 Å². The molecule has 0 spiro atoms. The van der Waals surface area contributed by atoms with Crippen molar-refractivity contribution in [3.05, 3.63) is 70.7 Å². The van der Waals surface area contributed by atoms with Gasteiger partial charge >= 0.3 is 0 Å². The fourth-order valence-corrected chi connectivity index (χ4v) is 5.17. The van der Waals surface area contributed by atoms with Gasteiger partial charge in [-0.1, -0.05) is 18.2 Å². The number of hydrogen-bond acceptors (Lipinski definition) is 7. The highest BCUT2D eigenvalue weighted by Crippen LogP contribution is 2.40. The maximum absolute atomic E-state index is 13.5. The van der Waals surface area contributed by atoms with Crippen LogP contribution in [0.2, 0.25) is 0 Å². The van der Waals surface area contributed by atoms with Crippen molar-refractivity contribution in [3.8, 4) is 5.75 Å². The van der Waals surface area contributed by atoms with Gasteiger partial charge in [0.2, 0.25) is 0 Å². The summed E-state index contributed by atoms with van der Waals surface area (Å²) in [6.07, 6.45) is 1.80. The highest BCUT2D eigenvalue weighted by molar-refractivity contribution is 6.46. The summed E-state index contributed by atoms with van der Waals surface area (Å²) in [7, 11) is 0. The van der Waals surface area contributed by atoms with Gasteiger partial charge in [0.15, 0.2) is 5.76 Å². The number of hydrogen-bond donors (Lipinski definition) is 1. The maximum atomic E-state index is 13.5. The highest BCUT2D eigenvalue weighted by Gasteiger charge is 2.46. The van der Waals surface area contributed by atoms with E-state index in [0.29, 0.717) is 55.7 Å². The van der Waals surface area contributed by atoms with Crippen molar-refractivity contribution in [2.45, 2.75) is 26.8 Å². The molecule has 2 aliphatic heterocycles. The molecule has 0 saturated carbocycles. The van der Waals surface area contributed by atoms with Gasteiger partial charge in [0.1, 0.15) is 17.1 Å². The van der Waals surface area contributed by atoms with E-state index < -0.39 is 17.7 Å². The van der Waals surface area contributed by atoms with Gasteiger partial charge in [-0.2, -0.15) is 0 Å². The molecule has 2 aromatic heterocycles. The normalized spacial score (nSPS) is 20.2. The second kappa shape index (κ2) is 10.4. The summed E-state index contributed by atoms with van der Waals surface area (Å²) in [6.45, 7) is 9.98. The predicted molar refractivity (Wildman–Crippen MR) is 139 cm³/mol. The quantitative estimate of drug-likeness (QED) is 0.300. The van der Waals surface area contributed by atoms with E-state index in [1.807, 2.05) is 50.2 Å². The number of aromatic nitrogens is 2. The van der Waals surface area contributed by atoms with Gasteiger partial charge in [-0.25, -0.2) is 4.98 Å². The Morgan fingerprint density at radius 3 is 2.54 bits per heavy atom. The van der Waals surface area contributed by atoms with Crippen molar-refractivity contribution < 1.29 is 24.2 Å². The Kier molecular flexibility index (Phi) is 6.99. The number of imidazole rings is 1. The fraction of sp³-hybridized carbons (Fsp3) is 0.393. The first-order valence-corrected chi connectivity index (χ1v) is 12.7. The average molecular weight is 505 g/mol. The van der Waals surface area contributed by atoms with Crippen LogP contribution in [0.5, 0.6) is 5.75 Å². The number of benzene rings is 1. The van der Waals surface area contributed by atoms with Gasteiger partial charge in [-0.05, 0) is 50.1 Å². The van der Waals surface area contributed by atoms with Crippen molar-refractivity contribution in [3.63, 3.8) is 0 Å². The van der Waals surface area contributed by atoms with Gasteiger partial charge in [0.25, 0.3) is 11.7 Å². The summed E-state index contributed by atoms with van der Waals surface area (Å²) in [5.41, 5.74) is 3.44. The maximum Gasteiger partial charge on any atom is 0.295 e. The smallest absolute Gasteiger partial charge is 0.295 e. The minimum absolute atomic E-state index is 0.0718. The second-order valence-electron chi connectivity index (χ2n) is 9.38. The lowest BCUT2D eigenvalue weighted by atomic mass is 9.96. The van der Waals surface area contributed by atoms with Gasteiger partial charge < -0.3 is 19.5 Å². The standard InChI is InChI=1S/C28H32N4O5/c1-4-37-21-9-7-20(8-10-21)24-22(25(33)23-19(3)29-27-18(2)6-5-11-31(23)27)26(34)28(35)32(24)13-12-30-14-16-36-17-15-30/h5-11,24,33H,4,12-17H2,1-3H3/t24-/m0/s1. The van der Waals surface area contributed by atoms with Gasteiger partial charge in [0, 0.05) is 32.4 Å². The van der Waals surface area contributed by atoms with Crippen LogP contribution in [0.15, 0.2) is 48.2 Å². The van der Waals surface area contributed by atoms with E-state index in [-0.39, 0.29) is 11.3 Å². The Labute approximate surface area is 215 Å². The van der Waals surface area contributed by atoms with E-state index in [2.05, 4.69) is 9.88 Å². The minimum Gasteiger partial charge on any atom is -0.505 e. The van der Waals surface area contributed by atoms with E-state index in [1.165, 1.54) is 0 Å². The predicted octanol–water partition coefficient (Wildman–Crippen LogP) is 3.10. The Balaban J connectivity index is 1.60. The molecule has 9 heteroatoms. The molecule has 9 nitrogen and oxygen atoms in total. The van der Waals surface area contributed by atoms with E-state index in [1.54, 1.807) is 22.4 Å². The Bertz CT molecular complexity index is 1350. The third kappa shape index (κ3) is 4.60. The number of aliphatic hydroxyl groups is 1. The van der Waals surface area contributed by atoms with Crippen LogP contribution in [0.3, 0.4) is 0 Å². The first-order valence-electron chi connectivity index (χ1n) is 12.7.